The van der Waals surface area contributed by atoms with Crippen molar-refractivity contribution in [1.29, 1.82) is 0 Å². The molecule has 0 fully saturated rings. The van der Waals surface area contributed by atoms with Gasteiger partial charge in [-0.25, -0.2) is 4.79 Å². The molecular weight excluding hydrogens is 361 g/mol. The lowest BCUT2D eigenvalue weighted by Crippen LogP contribution is -2.18. The first kappa shape index (κ1) is 16.7. The zero-order valence-corrected chi connectivity index (χ0v) is 13.8. The molecule has 1 aromatic carbocycles. The maximum atomic E-state index is 11.1. The highest BCUT2D eigenvalue weighted by Gasteiger charge is 2.32. The molecule has 1 heterocycles. The Hall–Kier alpha value is -0.690. The maximum absolute atomic E-state index is 11.1. The molecule has 0 radical (unpaired) electrons. The van der Waals surface area contributed by atoms with E-state index in [0.717, 1.165) is 18.2 Å². The van der Waals surface area contributed by atoms with Gasteiger partial charge in [-0.05, 0) is 6.07 Å². The van der Waals surface area contributed by atoms with E-state index in [2.05, 4.69) is 0 Å². The molecule has 0 aliphatic carbocycles. The number of thioether (sulfide) groups is 1. The number of carbonyl (C=O) groups is 1. The Labute approximate surface area is 140 Å². The van der Waals surface area contributed by atoms with E-state index < -0.39 is 14.7 Å². The average Bonchev–Trinajstić information content (AvgIpc) is 2.60. The Balaban J connectivity index is 2.37. The average molecular weight is 373 g/mol. The smallest absolute Gasteiger partial charge is 0.405 e. The van der Waals surface area contributed by atoms with E-state index >= 15 is 0 Å². The predicted molar refractivity (Wildman–Crippen MR) is 83.3 cm³/mol. The van der Waals surface area contributed by atoms with Crippen molar-refractivity contribution in [3.05, 3.63) is 23.8 Å². The molecule has 2 N–H and O–H groups in total. The van der Waals surface area contributed by atoms with Crippen molar-refractivity contribution in [2.24, 2.45) is 5.73 Å². The van der Waals surface area contributed by atoms with Gasteiger partial charge in [-0.3, -0.25) is 0 Å². The second-order valence-electron chi connectivity index (χ2n) is 4.06. The number of benzene rings is 1. The lowest BCUT2D eigenvalue weighted by Gasteiger charge is -2.23. The van der Waals surface area contributed by atoms with Gasteiger partial charge in [0.05, 0.1) is 13.2 Å². The molecule has 116 valence electrons. The van der Waals surface area contributed by atoms with Crippen molar-refractivity contribution in [3.8, 4) is 11.5 Å². The Morgan fingerprint density at radius 3 is 2.71 bits per heavy atom. The topological polar surface area (TPSA) is 70.8 Å². The number of halogens is 3. The fourth-order valence-electron chi connectivity index (χ4n) is 1.78. The monoisotopic (exact) mass is 371 g/mol. The van der Waals surface area contributed by atoms with Crippen LogP contribution in [0.15, 0.2) is 18.2 Å². The number of para-hydroxylation sites is 1. The molecule has 5 nitrogen and oxygen atoms in total. The minimum absolute atomic E-state index is 0.461. The molecular formula is C12H12Cl3NO4S. The highest BCUT2D eigenvalue weighted by atomic mass is 35.6. The summed E-state index contributed by atoms with van der Waals surface area (Å²) in [5.41, 5.74) is 4.67. The van der Waals surface area contributed by atoms with E-state index in [1.165, 1.54) is 0 Å². The third kappa shape index (κ3) is 4.92. The first-order valence-electron chi connectivity index (χ1n) is 5.96. The SMILES string of the molecule is NC(=O)OC(SC(Cl)(Cl)Cl)c1cccc2c1OCCCO2. The number of rotatable bonds is 3. The Bertz CT molecular complexity index is 524. The molecule has 0 aromatic heterocycles. The maximum Gasteiger partial charge on any atom is 0.405 e. The second kappa shape index (κ2) is 7.05. The number of amides is 1. The number of hydrogen-bond donors (Lipinski definition) is 1. The Morgan fingerprint density at radius 2 is 2.05 bits per heavy atom. The van der Waals surface area contributed by atoms with Gasteiger partial charge in [0.1, 0.15) is 0 Å². The van der Waals surface area contributed by atoms with E-state index in [9.17, 15) is 4.79 Å². The van der Waals surface area contributed by atoms with E-state index in [0.29, 0.717) is 30.3 Å². The molecule has 21 heavy (non-hydrogen) atoms. The number of nitrogens with two attached hydrogens (primary N) is 1. The largest absolute Gasteiger partial charge is 0.490 e. The zero-order chi connectivity index (χ0) is 15.5. The van der Waals surface area contributed by atoms with Crippen LogP contribution in [-0.2, 0) is 4.74 Å². The highest BCUT2D eigenvalue weighted by molar-refractivity contribution is 8.04. The zero-order valence-electron chi connectivity index (χ0n) is 10.7. The Morgan fingerprint density at radius 1 is 1.33 bits per heavy atom. The number of hydrogen-bond acceptors (Lipinski definition) is 5. The van der Waals surface area contributed by atoms with Crippen molar-refractivity contribution in [1.82, 2.24) is 0 Å². The molecule has 1 aliphatic heterocycles. The summed E-state index contributed by atoms with van der Waals surface area (Å²) in [6.07, 6.45) is -0.235. The molecule has 0 spiro atoms. The summed E-state index contributed by atoms with van der Waals surface area (Å²) in [4.78, 5) is 11.1. The minimum Gasteiger partial charge on any atom is -0.490 e. The summed E-state index contributed by atoms with van der Waals surface area (Å²) in [6.45, 7) is 1.02. The molecule has 1 atom stereocenters. The standard InChI is InChI=1S/C12H12Cl3NO4S/c13-12(14,15)21-10(20-11(16)17)7-3-1-4-8-9(7)19-6-2-5-18-8/h1,3-4,10H,2,5-6H2,(H2,16,17). The molecule has 1 aromatic rings. The summed E-state index contributed by atoms with van der Waals surface area (Å²) in [7, 11) is 0. The normalized spacial score (nSPS) is 16.0. The molecule has 0 saturated heterocycles. The first-order chi connectivity index (χ1) is 9.87. The summed E-state index contributed by atoms with van der Waals surface area (Å²) in [6, 6.07) is 5.19. The molecule has 1 unspecified atom stereocenters. The van der Waals surface area contributed by atoms with Gasteiger partial charge in [0.2, 0.25) is 3.12 Å². The number of primary amides is 1. The van der Waals surface area contributed by atoms with Crippen LogP contribution in [0.5, 0.6) is 11.5 Å². The third-order valence-corrected chi connectivity index (χ3v) is 4.15. The van der Waals surface area contributed by atoms with Crippen LogP contribution in [-0.4, -0.2) is 22.4 Å². The number of fused-ring (bicyclic) bond motifs is 1. The lowest BCUT2D eigenvalue weighted by molar-refractivity contribution is 0.144. The first-order valence-corrected chi connectivity index (χ1v) is 7.97. The highest BCUT2D eigenvalue weighted by Crippen LogP contribution is 2.51. The van der Waals surface area contributed by atoms with Crippen LogP contribution in [0.25, 0.3) is 0 Å². The second-order valence-corrected chi connectivity index (χ2v) is 8.29. The van der Waals surface area contributed by atoms with Crippen LogP contribution in [0.2, 0.25) is 0 Å². The van der Waals surface area contributed by atoms with Gasteiger partial charge in [0, 0.05) is 12.0 Å². The van der Waals surface area contributed by atoms with Crippen LogP contribution < -0.4 is 15.2 Å². The minimum atomic E-state index is -1.69. The number of carbonyl (C=O) groups excluding carboxylic acids is 1. The van der Waals surface area contributed by atoms with E-state index in [4.69, 9.17) is 54.7 Å². The van der Waals surface area contributed by atoms with E-state index in [1.54, 1.807) is 18.2 Å². The van der Waals surface area contributed by atoms with Gasteiger partial charge < -0.3 is 19.9 Å². The van der Waals surface area contributed by atoms with Crippen LogP contribution >= 0.6 is 46.6 Å². The van der Waals surface area contributed by atoms with Crippen molar-refractivity contribution in [2.45, 2.75) is 15.0 Å². The molecule has 1 amide bonds. The predicted octanol–water partition coefficient (Wildman–Crippen LogP) is 4.00. The lowest BCUT2D eigenvalue weighted by atomic mass is 10.2. The number of ether oxygens (including phenoxy) is 3. The van der Waals surface area contributed by atoms with Gasteiger partial charge in [0.25, 0.3) is 0 Å². The summed E-state index contributed by atoms with van der Waals surface area (Å²) >= 11 is 18.1. The fraction of sp³-hybridized carbons (Fsp3) is 0.417. The molecule has 1 aliphatic rings. The van der Waals surface area contributed by atoms with Gasteiger partial charge in [-0.15, -0.1) is 0 Å². The molecule has 2 rings (SSSR count). The van der Waals surface area contributed by atoms with Crippen LogP contribution in [0, 0.1) is 0 Å². The van der Waals surface area contributed by atoms with Gasteiger partial charge >= 0.3 is 6.09 Å². The quantitative estimate of drug-likeness (QED) is 0.641. The van der Waals surface area contributed by atoms with Crippen molar-refractivity contribution < 1.29 is 19.0 Å². The van der Waals surface area contributed by atoms with Crippen LogP contribution in [0.3, 0.4) is 0 Å². The van der Waals surface area contributed by atoms with Crippen LogP contribution in [0.1, 0.15) is 17.4 Å². The van der Waals surface area contributed by atoms with E-state index in [1.807, 2.05) is 0 Å². The molecule has 0 saturated carbocycles. The molecule has 9 heteroatoms. The van der Waals surface area contributed by atoms with Gasteiger partial charge in [0.15, 0.2) is 16.9 Å². The van der Waals surface area contributed by atoms with Crippen molar-refractivity contribution in [3.63, 3.8) is 0 Å². The van der Waals surface area contributed by atoms with Gasteiger partial charge in [-0.1, -0.05) is 58.7 Å². The van der Waals surface area contributed by atoms with Gasteiger partial charge in [-0.2, -0.15) is 0 Å². The number of alkyl halides is 3. The summed E-state index contributed by atoms with van der Waals surface area (Å²) in [5.74, 6) is 1.01. The van der Waals surface area contributed by atoms with E-state index in [-0.39, 0.29) is 0 Å². The van der Waals surface area contributed by atoms with Crippen molar-refractivity contribution in [2.75, 3.05) is 13.2 Å². The summed E-state index contributed by atoms with van der Waals surface area (Å²) in [5, 5.41) is 0. The van der Waals surface area contributed by atoms with Crippen molar-refractivity contribution >= 4 is 52.7 Å². The van der Waals surface area contributed by atoms with Crippen LogP contribution in [0.4, 0.5) is 4.79 Å². The Kier molecular flexibility index (Phi) is 5.60. The summed E-state index contributed by atoms with van der Waals surface area (Å²) < 4.78 is 14.6. The molecule has 0 bridgehead atoms. The fourth-order valence-corrected chi connectivity index (χ4v) is 3.21. The third-order valence-electron chi connectivity index (χ3n) is 2.52.